The number of hydrazone groups is 1. The Balaban J connectivity index is 2.19. The molecule has 2 aromatic carbocycles. The molecule has 0 aliphatic rings. The highest BCUT2D eigenvalue weighted by Gasteiger charge is 2.16. The molecule has 2 N–H and O–H groups in total. The van der Waals surface area contributed by atoms with E-state index < -0.39 is 10.8 Å². The molecule has 0 saturated heterocycles. The van der Waals surface area contributed by atoms with Crippen molar-refractivity contribution in [1.82, 2.24) is 5.43 Å². The number of benzene rings is 2. The molecule has 0 aliphatic carbocycles. The molecule has 0 radical (unpaired) electrons. The van der Waals surface area contributed by atoms with E-state index in [0.717, 1.165) is 28.2 Å². The Morgan fingerprint density at radius 2 is 1.91 bits per heavy atom. The molecule has 0 aliphatic heterocycles. The van der Waals surface area contributed by atoms with Gasteiger partial charge in [-0.1, -0.05) is 28.1 Å². The second-order valence-corrected chi connectivity index (χ2v) is 5.52. The average Bonchev–Trinajstić information content (AvgIpc) is 2.53. The maximum Gasteiger partial charge on any atom is 0.275 e. The first-order chi connectivity index (χ1) is 10.9. The van der Waals surface area contributed by atoms with E-state index in [4.69, 9.17) is 0 Å². The standard InChI is InChI=1S/C15H12BrN3O4/c1-9(10-2-4-11(16)5-3-10)17-18-15(21)13-8-12(19(22)23)6-7-14(13)20/h2-8,20H,1H3,(H,18,21)/b17-9-. The van der Waals surface area contributed by atoms with E-state index in [0.29, 0.717) is 5.71 Å². The van der Waals surface area contributed by atoms with Crippen molar-refractivity contribution in [1.29, 1.82) is 0 Å². The van der Waals surface area contributed by atoms with Crippen LogP contribution in [0.15, 0.2) is 52.0 Å². The summed E-state index contributed by atoms with van der Waals surface area (Å²) >= 11 is 3.32. The quantitative estimate of drug-likeness (QED) is 0.484. The molecular formula is C15H12BrN3O4. The van der Waals surface area contributed by atoms with Gasteiger partial charge in [-0.05, 0) is 30.7 Å². The van der Waals surface area contributed by atoms with E-state index in [2.05, 4.69) is 26.5 Å². The number of nitrogens with zero attached hydrogens (tertiary/aromatic N) is 2. The summed E-state index contributed by atoms with van der Waals surface area (Å²) in [7, 11) is 0. The van der Waals surface area contributed by atoms with E-state index in [1.165, 1.54) is 0 Å². The largest absolute Gasteiger partial charge is 0.507 e. The van der Waals surface area contributed by atoms with Crippen LogP contribution in [0.1, 0.15) is 22.8 Å². The number of rotatable bonds is 4. The van der Waals surface area contributed by atoms with Crippen molar-refractivity contribution in [3.63, 3.8) is 0 Å². The normalized spacial score (nSPS) is 11.1. The Morgan fingerprint density at radius 3 is 2.52 bits per heavy atom. The SMILES string of the molecule is C/C(=N/NC(=O)c1cc([N+](=O)[O-])ccc1O)c1ccc(Br)cc1. The molecule has 118 valence electrons. The minimum atomic E-state index is -0.734. The smallest absolute Gasteiger partial charge is 0.275 e. The third kappa shape index (κ3) is 4.13. The molecular weight excluding hydrogens is 366 g/mol. The molecule has 8 heteroatoms. The van der Waals surface area contributed by atoms with E-state index in [-0.39, 0.29) is 17.0 Å². The Bertz CT molecular complexity index is 788. The summed E-state index contributed by atoms with van der Waals surface area (Å²) in [6.07, 6.45) is 0. The van der Waals surface area contributed by atoms with Gasteiger partial charge in [0.15, 0.2) is 0 Å². The number of hydrogen-bond donors (Lipinski definition) is 2. The van der Waals surface area contributed by atoms with Crippen LogP contribution in [-0.4, -0.2) is 21.6 Å². The fourth-order valence-corrected chi connectivity index (χ4v) is 2.03. The van der Waals surface area contributed by atoms with Gasteiger partial charge in [-0.25, -0.2) is 5.43 Å². The molecule has 0 saturated carbocycles. The first kappa shape index (κ1) is 16.6. The summed E-state index contributed by atoms with van der Waals surface area (Å²) in [6.45, 7) is 1.71. The highest BCUT2D eigenvalue weighted by atomic mass is 79.9. The van der Waals surface area contributed by atoms with Crippen molar-refractivity contribution >= 4 is 33.2 Å². The van der Waals surface area contributed by atoms with E-state index in [9.17, 15) is 20.0 Å². The van der Waals surface area contributed by atoms with E-state index >= 15 is 0 Å². The Morgan fingerprint density at radius 1 is 1.26 bits per heavy atom. The highest BCUT2D eigenvalue weighted by Crippen LogP contribution is 2.22. The van der Waals surface area contributed by atoms with Crippen LogP contribution in [-0.2, 0) is 0 Å². The molecule has 7 nitrogen and oxygen atoms in total. The molecule has 0 bridgehead atoms. The van der Waals surface area contributed by atoms with Crippen molar-refractivity contribution in [3.8, 4) is 5.75 Å². The second kappa shape index (κ2) is 7.01. The maximum absolute atomic E-state index is 12.0. The number of carbonyl (C=O) groups excluding carboxylic acids is 1. The van der Waals surface area contributed by atoms with Crippen LogP contribution in [0.4, 0.5) is 5.69 Å². The van der Waals surface area contributed by atoms with Crippen molar-refractivity contribution in [2.24, 2.45) is 5.10 Å². The summed E-state index contributed by atoms with van der Waals surface area (Å²) in [6, 6.07) is 10.5. The first-order valence-corrected chi connectivity index (χ1v) is 7.26. The Hall–Kier alpha value is -2.74. The van der Waals surface area contributed by atoms with Crippen molar-refractivity contribution < 1.29 is 14.8 Å². The minimum absolute atomic E-state index is 0.216. The minimum Gasteiger partial charge on any atom is -0.507 e. The first-order valence-electron chi connectivity index (χ1n) is 6.46. The summed E-state index contributed by atoms with van der Waals surface area (Å²) in [5.74, 6) is -1.09. The fourth-order valence-electron chi connectivity index (χ4n) is 1.77. The summed E-state index contributed by atoms with van der Waals surface area (Å²) < 4.78 is 0.916. The molecule has 0 aromatic heterocycles. The molecule has 23 heavy (non-hydrogen) atoms. The van der Waals surface area contributed by atoms with Crippen LogP contribution in [0.25, 0.3) is 0 Å². The molecule has 0 fully saturated rings. The third-order valence-corrected chi connectivity index (χ3v) is 3.55. The molecule has 1 amide bonds. The number of non-ortho nitro benzene ring substituents is 1. The van der Waals surface area contributed by atoms with Crippen LogP contribution < -0.4 is 5.43 Å². The van der Waals surface area contributed by atoms with E-state index in [1.807, 2.05) is 24.3 Å². The van der Waals surface area contributed by atoms with Gasteiger partial charge in [0.25, 0.3) is 11.6 Å². The van der Waals surface area contributed by atoms with Crippen molar-refractivity contribution in [2.45, 2.75) is 6.92 Å². The summed E-state index contributed by atoms with van der Waals surface area (Å²) in [5, 5.41) is 24.3. The Kier molecular flexibility index (Phi) is 5.07. The Labute approximate surface area is 139 Å². The number of nitro benzene ring substituents is 1. The lowest BCUT2D eigenvalue weighted by Crippen LogP contribution is -2.19. The lowest BCUT2D eigenvalue weighted by Gasteiger charge is -2.05. The van der Waals surface area contributed by atoms with Crippen LogP contribution in [0.3, 0.4) is 0 Å². The summed E-state index contributed by atoms with van der Waals surface area (Å²) in [4.78, 5) is 22.1. The van der Waals surface area contributed by atoms with Crippen LogP contribution in [0.5, 0.6) is 5.75 Å². The number of phenols is 1. The van der Waals surface area contributed by atoms with Gasteiger partial charge >= 0.3 is 0 Å². The van der Waals surface area contributed by atoms with Gasteiger partial charge in [0.2, 0.25) is 0 Å². The number of nitrogens with one attached hydrogen (secondary N) is 1. The number of nitro groups is 1. The number of amides is 1. The van der Waals surface area contributed by atoms with Gasteiger partial charge in [-0.15, -0.1) is 0 Å². The topological polar surface area (TPSA) is 105 Å². The lowest BCUT2D eigenvalue weighted by atomic mass is 10.1. The van der Waals surface area contributed by atoms with Gasteiger partial charge in [0, 0.05) is 16.6 Å². The monoisotopic (exact) mass is 377 g/mol. The number of carbonyl (C=O) groups is 1. The third-order valence-electron chi connectivity index (χ3n) is 3.02. The molecule has 0 heterocycles. The number of aromatic hydroxyl groups is 1. The number of halogens is 1. The van der Waals surface area contributed by atoms with Crippen LogP contribution in [0, 0.1) is 10.1 Å². The van der Waals surface area contributed by atoms with E-state index in [1.54, 1.807) is 6.92 Å². The van der Waals surface area contributed by atoms with Crippen LogP contribution in [0.2, 0.25) is 0 Å². The van der Waals surface area contributed by atoms with Gasteiger partial charge < -0.3 is 5.11 Å². The predicted octanol–water partition coefficient (Wildman–Crippen LogP) is 3.22. The zero-order chi connectivity index (χ0) is 17.0. The molecule has 0 unspecified atom stereocenters. The van der Waals surface area contributed by atoms with Gasteiger partial charge in [-0.3, -0.25) is 14.9 Å². The van der Waals surface area contributed by atoms with Gasteiger partial charge in [0.1, 0.15) is 5.75 Å². The molecule has 2 aromatic rings. The van der Waals surface area contributed by atoms with Crippen LogP contribution >= 0.6 is 15.9 Å². The molecule has 0 atom stereocenters. The zero-order valence-electron chi connectivity index (χ0n) is 12.0. The number of hydrogen-bond acceptors (Lipinski definition) is 5. The summed E-state index contributed by atoms with van der Waals surface area (Å²) in [5.41, 5.74) is 3.12. The second-order valence-electron chi connectivity index (χ2n) is 4.60. The van der Waals surface area contributed by atoms with Gasteiger partial charge in [-0.2, -0.15) is 5.10 Å². The predicted molar refractivity (Wildman–Crippen MR) is 88.6 cm³/mol. The lowest BCUT2D eigenvalue weighted by molar-refractivity contribution is -0.384. The molecule has 0 spiro atoms. The van der Waals surface area contributed by atoms with Crippen molar-refractivity contribution in [2.75, 3.05) is 0 Å². The van der Waals surface area contributed by atoms with Crippen molar-refractivity contribution in [3.05, 3.63) is 68.2 Å². The number of phenolic OH excluding ortho intramolecular Hbond substituents is 1. The van der Waals surface area contributed by atoms with Gasteiger partial charge in [0.05, 0.1) is 16.2 Å². The maximum atomic E-state index is 12.0. The highest BCUT2D eigenvalue weighted by molar-refractivity contribution is 9.10. The molecule has 2 rings (SSSR count). The fraction of sp³-hybridized carbons (Fsp3) is 0.0667. The zero-order valence-corrected chi connectivity index (χ0v) is 13.6. The average molecular weight is 378 g/mol.